The molecule has 2 aliphatic rings. The van der Waals surface area contributed by atoms with Gasteiger partial charge >= 0.3 is 0 Å². The first-order chi connectivity index (χ1) is 12.2. The molecule has 1 saturated carbocycles. The molecule has 0 radical (unpaired) electrons. The van der Waals surface area contributed by atoms with Gasteiger partial charge in [-0.1, -0.05) is 25.0 Å². The largest absolute Gasteiger partial charge is 0.497 e. The first kappa shape index (κ1) is 17.8. The smallest absolute Gasteiger partial charge is 0.225 e. The lowest BCUT2D eigenvalue weighted by molar-refractivity contribution is -0.136. The van der Waals surface area contributed by atoms with E-state index < -0.39 is 0 Å². The molecule has 0 unspecified atom stereocenters. The van der Waals surface area contributed by atoms with Crippen LogP contribution in [0.3, 0.4) is 0 Å². The summed E-state index contributed by atoms with van der Waals surface area (Å²) in [5, 5.41) is 3.12. The molecule has 0 spiro atoms. The molecule has 1 aromatic rings. The zero-order valence-electron chi connectivity index (χ0n) is 15.0. The summed E-state index contributed by atoms with van der Waals surface area (Å²) in [5.41, 5.74) is 0.979. The average Bonchev–Trinajstić information content (AvgIpc) is 3.17. The number of hydrogen-bond donors (Lipinski definition) is 1. The van der Waals surface area contributed by atoms with E-state index in [4.69, 9.17) is 4.74 Å². The van der Waals surface area contributed by atoms with Gasteiger partial charge in [0.05, 0.1) is 13.5 Å². The molecular weight excluding hydrogens is 316 g/mol. The summed E-state index contributed by atoms with van der Waals surface area (Å²) in [6, 6.07) is 7.76. The van der Waals surface area contributed by atoms with E-state index in [0.717, 1.165) is 50.1 Å². The van der Waals surface area contributed by atoms with E-state index in [9.17, 15) is 9.59 Å². The number of carbonyl (C=O) groups is 2. The number of nitrogens with zero attached hydrogens (tertiary/aromatic N) is 1. The van der Waals surface area contributed by atoms with Crippen LogP contribution in [0, 0.1) is 5.92 Å². The van der Waals surface area contributed by atoms with Crippen LogP contribution in [0.4, 0.5) is 0 Å². The fourth-order valence-electron chi connectivity index (χ4n) is 3.88. The standard InChI is InChI=1S/C20H28N2O3/c1-25-18-8-6-15(7-9-18)14-19(23)21-17-10-12-22(13-11-17)20(24)16-4-2-3-5-16/h6-9,16-17H,2-5,10-14H2,1H3,(H,21,23). The maximum Gasteiger partial charge on any atom is 0.225 e. The van der Waals surface area contributed by atoms with Gasteiger partial charge in [0.2, 0.25) is 11.8 Å². The third kappa shape index (κ3) is 4.74. The number of amides is 2. The molecule has 5 nitrogen and oxygen atoms in total. The van der Waals surface area contributed by atoms with Gasteiger partial charge < -0.3 is 15.0 Å². The van der Waals surface area contributed by atoms with Gasteiger partial charge in [0.15, 0.2) is 0 Å². The topological polar surface area (TPSA) is 58.6 Å². The van der Waals surface area contributed by atoms with Crippen molar-refractivity contribution in [3.63, 3.8) is 0 Å². The minimum absolute atomic E-state index is 0.0470. The lowest BCUT2D eigenvalue weighted by atomic mass is 10.0. The van der Waals surface area contributed by atoms with E-state index >= 15 is 0 Å². The Hall–Kier alpha value is -2.04. The van der Waals surface area contributed by atoms with Gasteiger partial charge in [-0.05, 0) is 43.4 Å². The third-order valence-electron chi connectivity index (χ3n) is 5.40. The molecule has 1 heterocycles. The fraction of sp³-hybridized carbons (Fsp3) is 0.600. The lowest BCUT2D eigenvalue weighted by Gasteiger charge is -2.34. The van der Waals surface area contributed by atoms with Gasteiger partial charge in [-0.15, -0.1) is 0 Å². The second-order valence-corrected chi connectivity index (χ2v) is 7.17. The van der Waals surface area contributed by atoms with Crippen molar-refractivity contribution in [2.45, 2.75) is 51.0 Å². The number of piperidine rings is 1. The summed E-state index contributed by atoms with van der Waals surface area (Å²) in [5.74, 6) is 1.43. The van der Waals surface area contributed by atoms with Crippen LogP contribution in [0.1, 0.15) is 44.1 Å². The number of hydrogen-bond acceptors (Lipinski definition) is 3. The van der Waals surface area contributed by atoms with Crippen molar-refractivity contribution in [1.82, 2.24) is 10.2 Å². The summed E-state index contributed by atoms with van der Waals surface area (Å²) >= 11 is 0. The van der Waals surface area contributed by atoms with E-state index in [1.807, 2.05) is 29.2 Å². The zero-order valence-corrected chi connectivity index (χ0v) is 15.0. The molecule has 0 aromatic heterocycles. The van der Waals surface area contributed by atoms with Crippen molar-refractivity contribution in [2.24, 2.45) is 5.92 Å². The molecule has 0 bridgehead atoms. The van der Waals surface area contributed by atoms with Crippen molar-refractivity contribution in [1.29, 1.82) is 0 Å². The van der Waals surface area contributed by atoms with Gasteiger partial charge in [-0.3, -0.25) is 9.59 Å². The van der Waals surface area contributed by atoms with Crippen molar-refractivity contribution >= 4 is 11.8 Å². The van der Waals surface area contributed by atoms with Crippen LogP contribution in [-0.2, 0) is 16.0 Å². The average molecular weight is 344 g/mol. The number of ether oxygens (including phenoxy) is 1. The molecule has 1 aromatic carbocycles. The molecule has 1 saturated heterocycles. The van der Waals surface area contributed by atoms with E-state index in [2.05, 4.69) is 5.32 Å². The van der Waals surface area contributed by atoms with Crippen molar-refractivity contribution in [3.8, 4) is 5.75 Å². The number of rotatable bonds is 5. The molecule has 2 fully saturated rings. The van der Waals surface area contributed by atoms with Crippen LogP contribution in [0.2, 0.25) is 0 Å². The van der Waals surface area contributed by atoms with Crippen LogP contribution in [0.25, 0.3) is 0 Å². The molecule has 25 heavy (non-hydrogen) atoms. The quantitative estimate of drug-likeness (QED) is 0.893. The lowest BCUT2D eigenvalue weighted by Crippen LogP contribution is -2.48. The van der Waals surface area contributed by atoms with E-state index in [1.54, 1.807) is 7.11 Å². The summed E-state index contributed by atoms with van der Waals surface area (Å²) in [7, 11) is 1.63. The molecule has 1 aliphatic heterocycles. The first-order valence-electron chi connectivity index (χ1n) is 9.37. The fourth-order valence-corrected chi connectivity index (χ4v) is 3.88. The first-order valence-corrected chi connectivity index (χ1v) is 9.37. The van der Waals surface area contributed by atoms with Crippen molar-refractivity contribution < 1.29 is 14.3 Å². The number of nitrogens with one attached hydrogen (secondary N) is 1. The van der Waals surface area contributed by atoms with Crippen LogP contribution >= 0.6 is 0 Å². The highest BCUT2D eigenvalue weighted by molar-refractivity contribution is 5.80. The Bertz CT molecular complexity index is 585. The predicted molar refractivity (Wildman–Crippen MR) is 96.4 cm³/mol. The number of likely N-dealkylation sites (tertiary alicyclic amines) is 1. The molecule has 1 aliphatic carbocycles. The third-order valence-corrected chi connectivity index (χ3v) is 5.40. The van der Waals surface area contributed by atoms with Crippen LogP contribution < -0.4 is 10.1 Å². The van der Waals surface area contributed by atoms with Gasteiger partial charge in [-0.2, -0.15) is 0 Å². The normalized spacial score (nSPS) is 19.0. The molecule has 136 valence electrons. The Balaban J connectivity index is 1.41. The predicted octanol–water partition coefficient (Wildman–Crippen LogP) is 2.54. The Morgan fingerprint density at radius 3 is 2.32 bits per heavy atom. The molecule has 3 rings (SSSR count). The summed E-state index contributed by atoms with van der Waals surface area (Å²) < 4.78 is 5.13. The maximum absolute atomic E-state index is 12.5. The molecular formula is C20H28N2O3. The van der Waals surface area contributed by atoms with Crippen molar-refractivity contribution in [3.05, 3.63) is 29.8 Å². The van der Waals surface area contributed by atoms with E-state index in [-0.39, 0.29) is 17.9 Å². The van der Waals surface area contributed by atoms with Crippen LogP contribution in [0.15, 0.2) is 24.3 Å². The second-order valence-electron chi connectivity index (χ2n) is 7.17. The summed E-state index contributed by atoms with van der Waals surface area (Å²) in [6.45, 7) is 1.53. The van der Waals surface area contributed by atoms with Crippen LogP contribution in [0.5, 0.6) is 5.75 Å². The SMILES string of the molecule is COc1ccc(CC(=O)NC2CCN(C(=O)C3CCCC3)CC2)cc1. The Labute approximate surface area is 149 Å². The van der Waals surface area contributed by atoms with Crippen LogP contribution in [-0.4, -0.2) is 43.0 Å². The molecule has 0 atom stereocenters. The second kappa shape index (κ2) is 8.37. The van der Waals surface area contributed by atoms with Gasteiger partial charge in [0.25, 0.3) is 0 Å². The summed E-state index contributed by atoms with van der Waals surface area (Å²) in [6.07, 6.45) is 6.57. The van der Waals surface area contributed by atoms with Crippen molar-refractivity contribution in [2.75, 3.05) is 20.2 Å². The molecule has 5 heteroatoms. The Kier molecular flexibility index (Phi) is 5.95. The number of benzene rings is 1. The highest BCUT2D eigenvalue weighted by Gasteiger charge is 2.30. The highest BCUT2D eigenvalue weighted by Crippen LogP contribution is 2.27. The summed E-state index contributed by atoms with van der Waals surface area (Å²) in [4.78, 5) is 26.7. The highest BCUT2D eigenvalue weighted by atomic mass is 16.5. The van der Waals surface area contributed by atoms with E-state index in [1.165, 1.54) is 12.8 Å². The molecule has 1 N–H and O–H groups in total. The molecule has 2 amide bonds. The van der Waals surface area contributed by atoms with Gasteiger partial charge in [0, 0.05) is 25.0 Å². The minimum atomic E-state index is 0.0470. The number of carbonyl (C=O) groups excluding carboxylic acids is 2. The van der Waals surface area contributed by atoms with Gasteiger partial charge in [-0.25, -0.2) is 0 Å². The monoisotopic (exact) mass is 344 g/mol. The number of methoxy groups -OCH3 is 1. The minimum Gasteiger partial charge on any atom is -0.497 e. The Morgan fingerprint density at radius 1 is 1.08 bits per heavy atom. The zero-order chi connectivity index (χ0) is 17.6. The van der Waals surface area contributed by atoms with Gasteiger partial charge in [0.1, 0.15) is 5.75 Å². The van der Waals surface area contributed by atoms with E-state index in [0.29, 0.717) is 12.3 Å². The maximum atomic E-state index is 12.5. The Morgan fingerprint density at radius 2 is 1.72 bits per heavy atom.